The van der Waals surface area contributed by atoms with Crippen molar-refractivity contribution in [3.05, 3.63) is 41.9 Å². The van der Waals surface area contributed by atoms with Gasteiger partial charge in [0.25, 0.3) is 0 Å². The molecule has 1 aliphatic heterocycles. The van der Waals surface area contributed by atoms with Gasteiger partial charge in [-0.25, -0.2) is 9.98 Å². The number of ether oxygens (including phenoxy) is 1. The largest absolute Gasteiger partial charge is 0.466 e. The van der Waals surface area contributed by atoms with E-state index in [1.807, 2.05) is 26.0 Å². The van der Waals surface area contributed by atoms with E-state index in [-0.39, 0.29) is 35.9 Å². The van der Waals surface area contributed by atoms with E-state index in [2.05, 4.69) is 34.3 Å². The fourth-order valence-electron chi connectivity index (χ4n) is 3.39. The number of likely N-dealkylation sites (tertiary alicyclic amines) is 1. The molecule has 1 saturated heterocycles. The standard InChI is InChI=1S/C22H30N4O3.HI/c1-4-23-22(26-12-10-18(11-13-26)21(27)28-5-2)25-15-20-24-14-19(29-20)17-8-6-16(3)7-9-17;/h6-9,14,18H,4-5,10-13,15H2,1-3H3,(H,23,25);1H. The molecule has 0 radical (unpaired) electrons. The number of hydrogen-bond donors (Lipinski definition) is 1. The summed E-state index contributed by atoms with van der Waals surface area (Å²) in [4.78, 5) is 23.2. The lowest BCUT2D eigenvalue weighted by molar-refractivity contribution is -0.149. The molecule has 0 saturated carbocycles. The Kier molecular flexibility index (Phi) is 9.61. The predicted octanol–water partition coefficient (Wildman–Crippen LogP) is 4.01. The Morgan fingerprint density at radius 1 is 1.27 bits per heavy atom. The van der Waals surface area contributed by atoms with Gasteiger partial charge >= 0.3 is 5.97 Å². The van der Waals surface area contributed by atoms with Crippen molar-refractivity contribution < 1.29 is 13.9 Å². The summed E-state index contributed by atoms with van der Waals surface area (Å²) in [5.74, 6) is 2.05. The van der Waals surface area contributed by atoms with E-state index in [0.717, 1.165) is 49.8 Å². The highest BCUT2D eigenvalue weighted by molar-refractivity contribution is 14.0. The zero-order chi connectivity index (χ0) is 20.6. The first-order chi connectivity index (χ1) is 14.1. The van der Waals surface area contributed by atoms with Crippen LogP contribution in [0.15, 0.2) is 39.9 Å². The van der Waals surface area contributed by atoms with Crippen LogP contribution in [0.25, 0.3) is 11.3 Å². The number of guanidine groups is 1. The molecular weight excluding hydrogens is 495 g/mol. The molecule has 1 aromatic carbocycles. The van der Waals surface area contributed by atoms with Crippen LogP contribution in [-0.4, -0.2) is 48.1 Å². The molecule has 8 heteroatoms. The molecule has 0 bridgehead atoms. The minimum atomic E-state index is -0.0856. The smallest absolute Gasteiger partial charge is 0.309 e. The second-order valence-corrected chi connectivity index (χ2v) is 7.17. The van der Waals surface area contributed by atoms with E-state index in [9.17, 15) is 4.79 Å². The Bertz CT molecular complexity index is 827. The molecule has 1 aromatic heterocycles. The third-order valence-electron chi connectivity index (χ3n) is 5.00. The van der Waals surface area contributed by atoms with Gasteiger partial charge < -0.3 is 19.4 Å². The summed E-state index contributed by atoms with van der Waals surface area (Å²) < 4.78 is 11.0. The number of aliphatic imine (C=N–C) groups is 1. The summed E-state index contributed by atoms with van der Waals surface area (Å²) in [6, 6.07) is 8.17. The molecule has 0 spiro atoms. The molecule has 1 fully saturated rings. The molecule has 1 N–H and O–H groups in total. The fraction of sp³-hybridized carbons (Fsp3) is 0.500. The van der Waals surface area contributed by atoms with Gasteiger partial charge in [-0.2, -0.15) is 0 Å². The lowest BCUT2D eigenvalue weighted by atomic mass is 9.97. The summed E-state index contributed by atoms with van der Waals surface area (Å²) in [5, 5.41) is 3.33. The highest BCUT2D eigenvalue weighted by Crippen LogP contribution is 2.22. The Morgan fingerprint density at radius 2 is 1.97 bits per heavy atom. The summed E-state index contributed by atoms with van der Waals surface area (Å²) in [5.41, 5.74) is 2.21. The molecule has 0 atom stereocenters. The van der Waals surface area contributed by atoms with Crippen LogP contribution in [0.4, 0.5) is 0 Å². The van der Waals surface area contributed by atoms with Crippen LogP contribution in [0, 0.1) is 12.8 Å². The molecule has 2 heterocycles. The monoisotopic (exact) mass is 526 g/mol. The quantitative estimate of drug-likeness (QED) is 0.265. The number of carbonyl (C=O) groups is 1. The van der Waals surface area contributed by atoms with Crippen molar-refractivity contribution in [3.63, 3.8) is 0 Å². The van der Waals surface area contributed by atoms with Crippen LogP contribution in [0.5, 0.6) is 0 Å². The van der Waals surface area contributed by atoms with Crippen molar-refractivity contribution in [2.45, 2.75) is 40.2 Å². The van der Waals surface area contributed by atoms with Crippen LogP contribution in [0.3, 0.4) is 0 Å². The number of benzene rings is 1. The number of oxazole rings is 1. The number of esters is 1. The van der Waals surface area contributed by atoms with Crippen molar-refractivity contribution >= 4 is 35.9 Å². The molecule has 1 aliphatic rings. The van der Waals surface area contributed by atoms with E-state index in [0.29, 0.717) is 19.0 Å². The Balaban J connectivity index is 0.00000320. The number of aryl methyl sites for hydroxylation is 1. The van der Waals surface area contributed by atoms with E-state index in [1.54, 1.807) is 6.20 Å². The van der Waals surface area contributed by atoms with Gasteiger partial charge in [0.1, 0.15) is 6.54 Å². The number of nitrogens with zero attached hydrogens (tertiary/aromatic N) is 3. The van der Waals surface area contributed by atoms with Crippen molar-refractivity contribution in [3.8, 4) is 11.3 Å². The van der Waals surface area contributed by atoms with Gasteiger partial charge in [0.05, 0.1) is 18.7 Å². The zero-order valence-electron chi connectivity index (χ0n) is 17.9. The molecule has 0 unspecified atom stereocenters. The Labute approximate surface area is 195 Å². The molecule has 2 aromatic rings. The fourth-order valence-corrected chi connectivity index (χ4v) is 3.39. The van der Waals surface area contributed by atoms with Gasteiger partial charge in [0, 0.05) is 25.2 Å². The molecule has 164 valence electrons. The lowest BCUT2D eigenvalue weighted by Gasteiger charge is -2.33. The summed E-state index contributed by atoms with van der Waals surface area (Å²) >= 11 is 0. The van der Waals surface area contributed by atoms with Crippen molar-refractivity contribution in [1.29, 1.82) is 0 Å². The highest BCUT2D eigenvalue weighted by Gasteiger charge is 2.27. The van der Waals surface area contributed by atoms with Crippen molar-refractivity contribution in [2.24, 2.45) is 10.9 Å². The van der Waals surface area contributed by atoms with Gasteiger partial charge in [-0.3, -0.25) is 4.79 Å². The number of rotatable bonds is 6. The maximum atomic E-state index is 11.9. The maximum Gasteiger partial charge on any atom is 0.309 e. The molecule has 7 nitrogen and oxygen atoms in total. The van der Waals surface area contributed by atoms with Crippen LogP contribution >= 0.6 is 24.0 Å². The average Bonchev–Trinajstić information content (AvgIpc) is 3.21. The second-order valence-electron chi connectivity index (χ2n) is 7.17. The number of nitrogens with one attached hydrogen (secondary N) is 1. The van der Waals surface area contributed by atoms with Crippen LogP contribution in [-0.2, 0) is 16.1 Å². The predicted molar refractivity (Wildman–Crippen MR) is 128 cm³/mol. The van der Waals surface area contributed by atoms with Crippen molar-refractivity contribution in [2.75, 3.05) is 26.2 Å². The summed E-state index contributed by atoms with van der Waals surface area (Å²) in [6.07, 6.45) is 3.30. The topological polar surface area (TPSA) is 80.0 Å². The van der Waals surface area contributed by atoms with Crippen molar-refractivity contribution in [1.82, 2.24) is 15.2 Å². The number of halogens is 1. The van der Waals surface area contributed by atoms with E-state index >= 15 is 0 Å². The van der Waals surface area contributed by atoms with Gasteiger partial charge in [0.15, 0.2) is 11.7 Å². The first-order valence-electron chi connectivity index (χ1n) is 10.3. The summed E-state index contributed by atoms with van der Waals surface area (Å²) in [6.45, 7) is 9.07. The van der Waals surface area contributed by atoms with E-state index in [4.69, 9.17) is 14.1 Å². The first-order valence-corrected chi connectivity index (χ1v) is 10.3. The number of piperidine rings is 1. The second kappa shape index (κ2) is 11.9. The lowest BCUT2D eigenvalue weighted by Crippen LogP contribution is -2.46. The van der Waals surface area contributed by atoms with Gasteiger partial charge in [0.2, 0.25) is 5.89 Å². The van der Waals surface area contributed by atoms with E-state index in [1.165, 1.54) is 5.56 Å². The molecule has 3 rings (SSSR count). The van der Waals surface area contributed by atoms with Gasteiger partial charge in [-0.1, -0.05) is 29.8 Å². The van der Waals surface area contributed by atoms with Crippen LogP contribution in [0.1, 0.15) is 38.1 Å². The molecular formula is C22H31IN4O3. The normalized spacial score (nSPS) is 14.9. The average molecular weight is 526 g/mol. The number of hydrogen-bond acceptors (Lipinski definition) is 5. The SMILES string of the molecule is CCNC(=NCc1ncc(-c2ccc(C)cc2)o1)N1CCC(C(=O)OCC)CC1.I. The van der Waals surface area contributed by atoms with Gasteiger partial charge in [-0.15, -0.1) is 24.0 Å². The highest BCUT2D eigenvalue weighted by atomic mass is 127. The van der Waals surface area contributed by atoms with E-state index < -0.39 is 0 Å². The minimum Gasteiger partial charge on any atom is -0.466 e. The van der Waals surface area contributed by atoms with Crippen LogP contribution < -0.4 is 5.32 Å². The van der Waals surface area contributed by atoms with Crippen LogP contribution in [0.2, 0.25) is 0 Å². The summed E-state index contributed by atoms with van der Waals surface area (Å²) in [7, 11) is 0. The number of carbonyl (C=O) groups excluding carboxylic acids is 1. The molecule has 0 aliphatic carbocycles. The third kappa shape index (κ3) is 6.45. The third-order valence-corrected chi connectivity index (χ3v) is 5.00. The first kappa shape index (κ1) is 24.2. The molecule has 0 amide bonds. The minimum absolute atomic E-state index is 0. The Hall–Kier alpha value is -2.10. The molecule has 30 heavy (non-hydrogen) atoms. The number of aromatic nitrogens is 1. The Morgan fingerprint density at radius 3 is 2.60 bits per heavy atom. The zero-order valence-corrected chi connectivity index (χ0v) is 20.2. The maximum absolute atomic E-state index is 11.9. The van der Waals surface area contributed by atoms with Gasteiger partial charge in [-0.05, 0) is 33.6 Å².